The summed E-state index contributed by atoms with van der Waals surface area (Å²) in [5.74, 6) is 0.288. The maximum absolute atomic E-state index is 13.4. The zero-order chi connectivity index (χ0) is 13.1. The van der Waals surface area contributed by atoms with Crippen molar-refractivity contribution in [3.8, 4) is 0 Å². The first-order valence-corrected chi connectivity index (χ1v) is 6.21. The molecule has 18 heavy (non-hydrogen) atoms. The minimum absolute atomic E-state index is 0.235. The second-order valence-corrected chi connectivity index (χ2v) is 4.73. The van der Waals surface area contributed by atoms with Gasteiger partial charge in [-0.25, -0.2) is 18.7 Å². The van der Waals surface area contributed by atoms with E-state index in [1.807, 2.05) is 0 Å². The van der Waals surface area contributed by atoms with E-state index >= 15 is 0 Å². The predicted octanol–water partition coefficient (Wildman–Crippen LogP) is 2.94. The second kappa shape index (κ2) is 5.30. The van der Waals surface area contributed by atoms with Gasteiger partial charge in [-0.3, -0.25) is 0 Å². The summed E-state index contributed by atoms with van der Waals surface area (Å²) in [4.78, 5) is 8.44. The van der Waals surface area contributed by atoms with Crippen molar-refractivity contribution in [3.05, 3.63) is 47.4 Å². The van der Waals surface area contributed by atoms with Crippen LogP contribution in [0.25, 0.3) is 0 Å². The molecule has 1 aromatic heterocycles. The van der Waals surface area contributed by atoms with E-state index in [1.54, 1.807) is 13.0 Å². The molecule has 6 heteroatoms. The van der Waals surface area contributed by atoms with Crippen LogP contribution in [0.1, 0.15) is 11.5 Å². The van der Waals surface area contributed by atoms with E-state index in [1.165, 1.54) is 0 Å². The van der Waals surface area contributed by atoms with Gasteiger partial charge in [0.05, 0.1) is 5.75 Å². The van der Waals surface area contributed by atoms with Gasteiger partial charge in [-0.2, -0.15) is 0 Å². The van der Waals surface area contributed by atoms with Crippen molar-refractivity contribution in [2.45, 2.75) is 17.6 Å². The van der Waals surface area contributed by atoms with Crippen LogP contribution >= 0.6 is 11.8 Å². The summed E-state index contributed by atoms with van der Waals surface area (Å²) in [7, 11) is 0. The lowest BCUT2D eigenvalue weighted by atomic mass is 10.3. The number of aryl methyl sites for hydroxylation is 1. The number of hydrogen-bond donors (Lipinski definition) is 1. The zero-order valence-electron chi connectivity index (χ0n) is 9.65. The third-order valence-electron chi connectivity index (χ3n) is 2.17. The zero-order valence-corrected chi connectivity index (χ0v) is 10.5. The number of hydrogen-bond acceptors (Lipinski definition) is 4. The average molecular weight is 267 g/mol. The van der Waals surface area contributed by atoms with Crippen molar-refractivity contribution >= 4 is 17.6 Å². The van der Waals surface area contributed by atoms with Crippen LogP contribution < -0.4 is 5.73 Å². The fraction of sp³-hybridized carbons (Fsp3) is 0.167. The molecule has 0 aliphatic heterocycles. The number of nitrogen functional groups attached to an aromatic ring is 1. The van der Waals surface area contributed by atoms with Gasteiger partial charge in [0.25, 0.3) is 0 Å². The van der Waals surface area contributed by atoms with E-state index in [0.29, 0.717) is 17.4 Å². The fourth-order valence-electron chi connectivity index (χ4n) is 1.45. The van der Waals surface area contributed by atoms with Gasteiger partial charge in [0.1, 0.15) is 23.3 Å². The van der Waals surface area contributed by atoms with Gasteiger partial charge in [-0.05, 0) is 25.1 Å². The lowest BCUT2D eigenvalue weighted by Crippen LogP contribution is -2.00. The maximum atomic E-state index is 13.4. The summed E-state index contributed by atoms with van der Waals surface area (Å²) in [6.07, 6.45) is 0. The van der Waals surface area contributed by atoms with Crippen molar-refractivity contribution in [2.24, 2.45) is 0 Å². The van der Waals surface area contributed by atoms with Crippen LogP contribution in [-0.4, -0.2) is 9.97 Å². The Labute approximate surface area is 107 Å². The van der Waals surface area contributed by atoms with Crippen LogP contribution in [0.15, 0.2) is 29.2 Å². The highest BCUT2D eigenvalue weighted by molar-refractivity contribution is 7.98. The van der Waals surface area contributed by atoms with Crippen LogP contribution in [0.4, 0.5) is 14.6 Å². The lowest BCUT2D eigenvalue weighted by molar-refractivity contribution is 0.577. The Bertz CT molecular complexity index is 555. The van der Waals surface area contributed by atoms with Gasteiger partial charge in [0.2, 0.25) is 0 Å². The molecule has 0 saturated carbocycles. The number of thioether (sulfide) groups is 1. The predicted molar refractivity (Wildman–Crippen MR) is 67.1 cm³/mol. The van der Waals surface area contributed by atoms with Crippen molar-refractivity contribution in [1.82, 2.24) is 9.97 Å². The molecule has 0 radical (unpaired) electrons. The Hall–Kier alpha value is -1.69. The van der Waals surface area contributed by atoms with Crippen LogP contribution in [0.5, 0.6) is 0 Å². The van der Waals surface area contributed by atoms with Gasteiger partial charge >= 0.3 is 0 Å². The summed E-state index contributed by atoms with van der Waals surface area (Å²) >= 11 is 1.14. The summed E-state index contributed by atoms with van der Waals surface area (Å²) in [6.45, 7) is 1.80. The number of halogens is 2. The molecule has 0 fully saturated rings. The molecule has 1 aromatic carbocycles. The normalized spacial score (nSPS) is 10.6. The quantitative estimate of drug-likeness (QED) is 0.869. The largest absolute Gasteiger partial charge is 0.384 e. The fourth-order valence-corrected chi connectivity index (χ4v) is 2.27. The van der Waals surface area contributed by atoms with Gasteiger partial charge in [0, 0.05) is 16.7 Å². The van der Waals surface area contributed by atoms with Gasteiger partial charge in [-0.1, -0.05) is 0 Å². The number of anilines is 1. The van der Waals surface area contributed by atoms with Crippen LogP contribution in [0, 0.1) is 18.6 Å². The van der Waals surface area contributed by atoms with Crippen molar-refractivity contribution in [1.29, 1.82) is 0 Å². The Morgan fingerprint density at radius 3 is 2.72 bits per heavy atom. The highest BCUT2D eigenvalue weighted by Gasteiger charge is 2.07. The van der Waals surface area contributed by atoms with E-state index < -0.39 is 11.6 Å². The minimum Gasteiger partial charge on any atom is -0.384 e. The number of nitrogens with zero attached hydrogens (tertiary/aromatic N) is 2. The number of benzene rings is 1. The molecule has 0 spiro atoms. The Morgan fingerprint density at radius 1 is 1.22 bits per heavy atom. The van der Waals surface area contributed by atoms with Crippen LogP contribution in [0.2, 0.25) is 0 Å². The van der Waals surface area contributed by atoms with Crippen LogP contribution in [-0.2, 0) is 5.75 Å². The smallest absolute Gasteiger partial charge is 0.141 e. The molecule has 0 aliphatic carbocycles. The van der Waals surface area contributed by atoms with E-state index in [4.69, 9.17) is 5.73 Å². The minimum atomic E-state index is -0.469. The standard InChI is InChI=1S/C12H11F2N3S/c1-7-4-11(15)17-12(16-7)6-18-10-5-8(13)2-3-9(10)14/h2-5H,6H2,1H3,(H2,15,16,17). The van der Waals surface area contributed by atoms with E-state index in [0.717, 1.165) is 35.7 Å². The molecule has 1 heterocycles. The van der Waals surface area contributed by atoms with Crippen molar-refractivity contribution in [3.63, 3.8) is 0 Å². The summed E-state index contributed by atoms with van der Waals surface area (Å²) in [5, 5.41) is 0. The van der Waals surface area contributed by atoms with Gasteiger partial charge in [-0.15, -0.1) is 11.8 Å². The third-order valence-corrected chi connectivity index (χ3v) is 3.20. The molecule has 94 valence electrons. The number of nitrogens with two attached hydrogens (primary N) is 1. The van der Waals surface area contributed by atoms with E-state index in [9.17, 15) is 8.78 Å². The SMILES string of the molecule is Cc1cc(N)nc(CSc2cc(F)ccc2F)n1. The highest BCUT2D eigenvalue weighted by Crippen LogP contribution is 2.25. The molecule has 2 N–H and O–H groups in total. The Morgan fingerprint density at radius 2 is 2.00 bits per heavy atom. The monoisotopic (exact) mass is 267 g/mol. The van der Waals surface area contributed by atoms with E-state index in [2.05, 4.69) is 9.97 Å². The van der Waals surface area contributed by atoms with Gasteiger partial charge < -0.3 is 5.73 Å². The summed E-state index contributed by atoms with van der Waals surface area (Å²) in [5.41, 5.74) is 6.34. The molecule has 0 amide bonds. The molecule has 0 saturated heterocycles. The van der Waals surface area contributed by atoms with E-state index in [-0.39, 0.29) is 4.90 Å². The average Bonchev–Trinajstić information content (AvgIpc) is 2.29. The third kappa shape index (κ3) is 3.16. The first-order chi connectivity index (χ1) is 8.54. The Balaban J connectivity index is 2.13. The highest BCUT2D eigenvalue weighted by atomic mass is 32.2. The number of rotatable bonds is 3. The van der Waals surface area contributed by atoms with Crippen molar-refractivity contribution in [2.75, 3.05) is 5.73 Å². The molecule has 0 unspecified atom stereocenters. The van der Waals surface area contributed by atoms with Crippen molar-refractivity contribution < 1.29 is 8.78 Å². The second-order valence-electron chi connectivity index (χ2n) is 3.71. The van der Waals surface area contributed by atoms with Crippen LogP contribution in [0.3, 0.4) is 0 Å². The first kappa shape index (κ1) is 12.8. The van der Waals surface area contributed by atoms with Gasteiger partial charge in [0.15, 0.2) is 0 Å². The Kier molecular flexibility index (Phi) is 3.76. The summed E-state index contributed by atoms with van der Waals surface area (Å²) in [6, 6.07) is 4.99. The molecular formula is C12H11F2N3S. The molecule has 0 atom stereocenters. The molecule has 0 bridgehead atoms. The molecular weight excluding hydrogens is 256 g/mol. The summed E-state index contributed by atoms with van der Waals surface area (Å²) < 4.78 is 26.3. The number of aromatic nitrogens is 2. The molecule has 2 rings (SSSR count). The molecule has 0 aliphatic rings. The first-order valence-electron chi connectivity index (χ1n) is 5.22. The topological polar surface area (TPSA) is 51.8 Å². The molecule has 3 nitrogen and oxygen atoms in total. The molecule has 2 aromatic rings. The maximum Gasteiger partial charge on any atom is 0.141 e. The lowest BCUT2D eigenvalue weighted by Gasteiger charge is -2.04.